The van der Waals surface area contributed by atoms with Gasteiger partial charge in [0.05, 0.1) is 0 Å². The summed E-state index contributed by atoms with van der Waals surface area (Å²) in [5.41, 5.74) is -0.316. The lowest BCUT2D eigenvalue weighted by Gasteiger charge is -2.26. The van der Waals surface area contributed by atoms with Crippen LogP contribution in [0.3, 0.4) is 0 Å². The van der Waals surface area contributed by atoms with E-state index in [-0.39, 0.29) is 11.4 Å². The Morgan fingerprint density at radius 2 is 2.00 bits per heavy atom. The van der Waals surface area contributed by atoms with Crippen LogP contribution in [0.25, 0.3) is 0 Å². The van der Waals surface area contributed by atoms with Gasteiger partial charge >= 0.3 is 6.09 Å². The van der Waals surface area contributed by atoms with E-state index < -0.39 is 12.1 Å². The first kappa shape index (κ1) is 11.8. The zero-order chi connectivity index (χ0) is 11.6. The Kier molecular flexibility index (Phi) is 3.21. The molecule has 0 aromatic rings. The van der Waals surface area contributed by atoms with Crippen LogP contribution < -0.4 is 5.32 Å². The van der Waals surface area contributed by atoms with Gasteiger partial charge in [-0.25, -0.2) is 4.79 Å². The van der Waals surface area contributed by atoms with E-state index in [1.165, 1.54) is 4.90 Å². The number of nitrogens with one attached hydrogen (secondary N) is 1. The zero-order valence-corrected chi connectivity index (χ0v) is 9.41. The number of nitrogens with zero attached hydrogens (tertiary/aromatic N) is 1. The normalized spacial score (nSPS) is 21.5. The third-order valence-corrected chi connectivity index (χ3v) is 2.30. The topological polar surface area (TPSA) is 69.6 Å². The molecule has 0 saturated carbocycles. The molecule has 1 heterocycles. The Morgan fingerprint density at radius 1 is 1.40 bits per heavy atom. The molecule has 1 atom stereocenters. The Morgan fingerprint density at radius 3 is 2.47 bits per heavy atom. The maximum atomic E-state index is 11.8. The van der Waals surface area contributed by atoms with Crippen molar-refractivity contribution in [3.63, 3.8) is 0 Å². The lowest BCUT2D eigenvalue weighted by molar-refractivity contribution is -0.126. The molecule has 1 aliphatic rings. The predicted octanol–water partition coefficient (Wildman–Crippen LogP) is 1.04. The van der Waals surface area contributed by atoms with Crippen LogP contribution in [0, 0.1) is 0 Å². The molecule has 15 heavy (non-hydrogen) atoms. The van der Waals surface area contributed by atoms with E-state index in [0.29, 0.717) is 13.0 Å². The minimum atomic E-state index is -1.01. The Balaban J connectivity index is 2.63. The molecular formula is C10H18N2O3. The Bertz CT molecular complexity index is 270. The van der Waals surface area contributed by atoms with E-state index >= 15 is 0 Å². The highest BCUT2D eigenvalue weighted by molar-refractivity contribution is 5.86. The summed E-state index contributed by atoms with van der Waals surface area (Å²) in [5, 5.41) is 11.7. The van der Waals surface area contributed by atoms with E-state index in [4.69, 9.17) is 5.11 Å². The molecule has 1 rings (SSSR count). The highest BCUT2D eigenvalue weighted by atomic mass is 16.4. The second-order valence-corrected chi connectivity index (χ2v) is 4.87. The van der Waals surface area contributed by atoms with E-state index in [9.17, 15) is 9.59 Å². The number of carbonyl (C=O) groups excluding carboxylic acids is 1. The summed E-state index contributed by atoms with van der Waals surface area (Å²) in [5.74, 6) is -0.192. The van der Waals surface area contributed by atoms with Crippen LogP contribution in [0.2, 0.25) is 0 Å². The average molecular weight is 214 g/mol. The fraction of sp³-hybridized carbons (Fsp3) is 0.800. The Labute approximate surface area is 89.4 Å². The second-order valence-electron chi connectivity index (χ2n) is 4.87. The number of amides is 2. The molecular weight excluding hydrogens is 196 g/mol. The third kappa shape index (κ3) is 3.11. The van der Waals surface area contributed by atoms with Crippen molar-refractivity contribution in [2.24, 2.45) is 0 Å². The summed E-state index contributed by atoms with van der Waals surface area (Å²) < 4.78 is 0. The summed E-state index contributed by atoms with van der Waals surface area (Å²) in [6, 6.07) is -0.512. The first-order chi connectivity index (χ1) is 6.81. The monoisotopic (exact) mass is 214 g/mol. The van der Waals surface area contributed by atoms with Gasteiger partial charge in [-0.2, -0.15) is 0 Å². The van der Waals surface area contributed by atoms with Crippen molar-refractivity contribution in [1.82, 2.24) is 10.2 Å². The van der Waals surface area contributed by atoms with E-state index in [2.05, 4.69) is 5.32 Å². The van der Waals surface area contributed by atoms with Gasteiger partial charge < -0.3 is 10.4 Å². The minimum absolute atomic E-state index is 0.192. The van der Waals surface area contributed by atoms with E-state index in [1.807, 2.05) is 20.8 Å². The maximum absolute atomic E-state index is 11.8. The molecule has 0 aliphatic carbocycles. The fourth-order valence-electron chi connectivity index (χ4n) is 1.72. The highest BCUT2D eigenvalue weighted by Crippen LogP contribution is 2.18. The number of carboxylic acid groups (broad SMARTS) is 1. The van der Waals surface area contributed by atoms with E-state index in [1.54, 1.807) is 0 Å². The van der Waals surface area contributed by atoms with Crippen LogP contribution in [0.1, 0.15) is 33.6 Å². The average Bonchev–Trinajstić information content (AvgIpc) is 2.47. The third-order valence-electron chi connectivity index (χ3n) is 2.30. The van der Waals surface area contributed by atoms with Crippen molar-refractivity contribution >= 4 is 12.0 Å². The Hall–Kier alpha value is -1.26. The van der Waals surface area contributed by atoms with Gasteiger partial charge in [-0.3, -0.25) is 9.69 Å². The van der Waals surface area contributed by atoms with Gasteiger partial charge in [-0.05, 0) is 33.6 Å². The van der Waals surface area contributed by atoms with Gasteiger partial charge in [0.25, 0.3) is 0 Å². The van der Waals surface area contributed by atoms with Gasteiger partial charge in [0.1, 0.15) is 6.04 Å². The molecule has 5 nitrogen and oxygen atoms in total. The number of carbonyl (C=O) groups is 2. The number of likely N-dealkylation sites (tertiary alicyclic amines) is 1. The molecule has 5 heteroatoms. The first-order valence-electron chi connectivity index (χ1n) is 5.13. The molecule has 1 fully saturated rings. The highest BCUT2D eigenvalue weighted by Gasteiger charge is 2.35. The van der Waals surface area contributed by atoms with Crippen LogP contribution in [-0.4, -0.2) is 40.1 Å². The van der Waals surface area contributed by atoms with Crippen LogP contribution >= 0.6 is 0 Å². The SMILES string of the molecule is CC(C)(C)NC(=O)[C@@H]1CCCN1C(=O)O. The zero-order valence-electron chi connectivity index (χ0n) is 9.41. The minimum Gasteiger partial charge on any atom is -0.465 e. The summed E-state index contributed by atoms with van der Waals surface area (Å²) in [6.07, 6.45) is 0.365. The molecule has 1 aliphatic heterocycles. The van der Waals surface area contributed by atoms with Gasteiger partial charge in [-0.15, -0.1) is 0 Å². The van der Waals surface area contributed by atoms with Gasteiger partial charge in [-0.1, -0.05) is 0 Å². The van der Waals surface area contributed by atoms with Gasteiger partial charge in [0, 0.05) is 12.1 Å². The van der Waals surface area contributed by atoms with Crippen LogP contribution in [0.5, 0.6) is 0 Å². The molecule has 0 spiro atoms. The van der Waals surface area contributed by atoms with Crippen molar-refractivity contribution in [3.8, 4) is 0 Å². The molecule has 0 aromatic carbocycles. The smallest absolute Gasteiger partial charge is 0.407 e. The molecule has 0 bridgehead atoms. The molecule has 0 radical (unpaired) electrons. The van der Waals surface area contributed by atoms with Crippen molar-refractivity contribution in [2.45, 2.75) is 45.2 Å². The molecule has 2 N–H and O–H groups in total. The quantitative estimate of drug-likeness (QED) is 0.685. The lowest BCUT2D eigenvalue weighted by atomic mass is 10.1. The van der Waals surface area contributed by atoms with Crippen LogP contribution in [0.15, 0.2) is 0 Å². The summed E-state index contributed by atoms with van der Waals surface area (Å²) in [7, 11) is 0. The van der Waals surface area contributed by atoms with Gasteiger partial charge in [0.2, 0.25) is 5.91 Å². The van der Waals surface area contributed by atoms with Gasteiger partial charge in [0.15, 0.2) is 0 Å². The number of hydrogen-bond acceptors (Lipinski definition) is 2. The summed E-state index contributed by atoms with van der Waals surface area (Å²) >= 11 is 0. The molecule has 1 saturated heterocycles. The molecule has 0 aromatic heterocycles. The van der Waals surface area contributed by atoms with Crippen molar-refractivity contribution in [3.05, 3.63) is 0 Å². The summed E-state index contributed by atoms with van der Waals surface area (Å²) in [4.78, 5) is 23.8. The number of rotatable bonds is 1. The first-order valence-corrected chi connectivity index (χ1v) is 5.13. The predicted molar refractivity (Wildman–Crippen MR) is 55.6 cm³/mol. The lowest BCUT2D eigenvalue weighted by Crippen LogP contribution is -2.51. The van der Waals surface area contributed by atoms with Crippen molar-refractivity contribution in [2.75, 3.05) is 6.54 Å². The molecule has 0 unspecified atom stereocenters. The van der Waals surface area contributed by atoms with Crippen molar-refractivity contribution < 1.29 is 14.7 Å². The molecule has 86 valence electrons. The fourth-order valence-corrected chi connectivity index (χ4v) is 1.72. The maximum Gasteiger partial charge on any atom is 0.407 e. The standard InChI is InChI=1S/C10H18N2O3/c1-10(2,3)11-8(13)7-5-4-6-12(7)9(14)15/h7H,4-6H2,1-3H3,(H,11,13)(H,14,15)/t7-/m0/s1. The number of hydrogen-bond donors (Lipinski definition) is 2. The van der Waals surface area contributed by atoms with Crippen LogP contribution in [-0.2, 0) is 4.79 Å². The van der Waals surface area contributed by atoms with Crippen molar-refractivity contribution in [1.29, 1.82) is 0 Å². The second kappa shape index (κ2) is 4.08. The largest absolute Gasteiger partial charge is 0.465 e. The molecule has 2 amide bonds. The van der Waals surface area contributed by atoms with Crippen LogP contribution in [0.4, 0.5) is 4.79 Å². The summed E-state index contributed by atoms with van der Waals surface area (Å²) in [6.45, 7) is 6.10. The van der Waals surface area contributed by atoms with E-state index in [0.717, 1.165) is 6.42 Å².